The van der Waals surface area contributed by atoms with E-state index in [0.29, 0.717) is 16.6 Å². The minimum atomic E-state index is -0.190. The molecule has 3 nitrogen and oxygen atoms in total. The van der Waals surface area contributed by atoms with Crippen LogP contribution in [0, 0.1) is 5.92 Å². The van der Waals surface area contributed by atoms with Gasteiger partial charge in [-0.15, -0.1) is 0 Å². The summed E-state index contributed by atoms with van der Waals surface area (Å²) in [5, 5.41) is 3.06. The second-order valence-corrected chi connectivity index (χ2v) is 5.44. The van der Waals surface area contributed by atoms with Gasteiger partial charge in [-0.3, -0.25) is 0 Å². The lowest BCUT2D eigenvalue weighted by atomic mass is 9.99. The fraction of sp³-hybridized carbons (Fsp3) is 0.500. The molecule has 0 saturated heterocycles. The number of esters is 1. The predicted octanol–water partition coefficient (Wildman–Crippen LogP) is 2.64. The zero-order valence-corrected chi connectivity index (χ0v) is 13.0. The number of hydrogen-bond acceptors (Lipinski definition) is 2. The van der Waals surface area contributed by atoms with Crippen molar-refractivity contribution in [2.75, 3.05) is 7.11 Å². The maximum absolute atomic E-state index is 11.8. The van der Waals surface area contributed by atoms with Gasteiger partial charge in [-0.1, -0.05) is 43.1 Å². The van der Waals surface area contributed by atoms with Gasteiger partial charge in [0, 0.05) is 11.5 Å². The van der Waals surface area contributed by atoms with Gasteiger partial charge >= 0.3 is 5.97 Å². The summed E-state index contributed by atoms with van der Waals surface area (Å²) in [6.45, 7) is 4.78. The first-order chi connectivity index (χ1) is 8.99. The summed E-state index contributed by atoms with van der Waals surface area (Å²) in [4.78, 5) is 11.8. The van der Waals surface area contributed by atoms with E-state index < -0.39 is 0 Å². The predicted molar refractivity (Wildman–Crippen MR) is 77.4 cm³/mol. The first kappa shape index (κ1) is 16.3. The molecule has 1 rings (SSSR count). The van der Waals surface area contributed by atoms with E-state index in [1.807, 2.05) is 24.4 Å². The third-order valence-corrected chi connectivity index (χ3v) is 4.06. The summed E-state index contributed by atoms with van der Waals surface area (Å²) in [6.07, 6.45) is 0.928. The molecule has 2 N–H and O–H groups in total. The quantitative estimate of drug-likeness (QED) is 0.821. The summed E-state index contributed by atoms with van der Waals surface area (Å²) in [5.41, 5.74) is 1.03. The fourth-order valence-corrected chi connectivity index (χ4v) is 2.20. The number of quaternary nitrogens is 1. The van der Waals surface area contributed by atoms with E-state index in [9.17, 15) is 4.79 Å². The average Bonchev–Trinajstić information content (AvgIpc) is 2.42. The Labute approximate surface area is 124 Å². The lowest BCUT2D eigenvalue weighted by molar-refractivity contribution is -0.699. The van der Waals surface area contributed by atoms with E-state index in [4.69, 9.17) is 27.9 Å². The molecule has 0 aliphatic heterocycles. The maximum Gasteiger partial charge on any atom is 0.364 e. The molecule has 0 saturated carbocycles. The summed E-state index contributed by atoms with van der Waals surface area (Å²) < 4.78 is 4.85. The van der Waals surface area contributed by atoms with E-state index in [-0.39, 0.29) is 17.9 Å². The van der Waals surface area contributed by atoms with Gasteiger partial charge in [-0.25, -0.2) is 4.79 Å². The van der Waals surface area contributed by atoms with Gasteiger partial charge in [-0.2, -0.15) is 0 Å². The van der Waals surface area contributed by atoms with E-state index >= 15 is 0 Å². The Balaban J connectivity index is 2.70. The van der Waals surface area contributed by atoms with Crippen LogP contribution in [0.3, 0.4) is 0 Å². The molecule has 0 aromatic heterocycles. The van der Waals surface area contributed by atoms with Crippen molar-refractivity contribution in [3.8, 4) is 0 Å². The fourth-order valence-electron chi connectivity index (χ4n) is 1.88. The molecule has 1 aromatic carbocycles. The van der Waals surface area contributed by atoms with E-state index in [2.05, 4.69) is 6.92 Å². The van der Waals surface area contributed by atoms with Crippen molar-refractivity contribution in [1.29, 1.82) is 0 Å². The minimum Gasteiger partial charge on any atom is -0.465 e. The molecular weight excluding hydrogens is 285 g/mol. The minimum absolute atomic E-state index is 0.186. The number of rotatable bonds is 6. The average molecular weight is 305 g/mol. The topological polar surface area (TPSA) is 42.9 Å². The zero-order valence-electron chi connectivity index (χ0n) is 11.5. The highest BCUT2D eigenvalue weighted by molar-refractivity contribution is 6.42. The van der Waals surface area contributed by atoms with E-state index in [1.165, 1.54) is 7.11 Å². The molecule has 0 unspecified atom stereocenters. The second kappa shape index (κ2) is 7.73. The number of halogens is 2. The lowest BCUT2D eigenvalue weighted by Crippen LogP contribution is -2.92. The normalized spacial score (nSPS) is 13.9. The highest BCUT2D eigenvalue weighted by Gasteiger charge is 2.28. The summed E-state index contributed by atoms with van der Waals surface area (Å²) >= 11 is 11.8. The van der Waals surface area contributed by atoms with Gasteiger partial charge in [0.25, 0.3) is 0 Å². The van der Waals surface area contributed by atoms with Crippen molar-refractivity contribution in [3.05, 3.63) is 33.8 Å². The molecule has 0 bridgehead atoms. The molecule has 0 aliphatic carbocycles. The van der Waals surface area contributed by atoms with Crippen LogP contribution in [0.15, 0.2) is 18.2 Å². The van der Waals surface area contributed by atoms with Crippen molar-refractivity contribution in [3.63, 3.8) is 0 Å². The van der Waals surface area contributed by atoms with Crippen molar-refractivity contribution < 1.29 is 14.8 Å². The molecule has 2 atom stereocenters. The maximum atomic E-state index is 11.8. The Morgan fingerprint density at radius 2 is 2.05 bits per heavy atom. The Morgan fingerprint density at radius 1 is 1.37 bits per heavy atom. The number of carbonyl (C=O) groups is 1. The molecule has 1 aromatic rings. The molecule has 19 heavy (non-hydrogen) atoms. The van der Waals surface area contributed by atoms with Crippen molar-refractivity contribution in [2.45, 2.75) is 32.9 Å². The van der Waals surface area contributed by atoms with E-state index in [0.717, 1.165) is 12.0 Å². The van der Waals surface area contributed by atoms with E-state index in [1.54, 1.807) is 6.07 Å². The number of carbonyl (C=O) groups excluding carboxylic acids is 1. The van der Waals surface area contributed by atoms with Crippen LogP contribution in [0.4, 0.5) is 0 Å². The molecule has 106 valence electrons. The van der Waals surface area contributed by atoms with Gasteiger partial charge < -0.3 is 10.1 Å². The lowest BCUT2D eigenvalue weighted by Gasteiger charge is -2.18. The Morgan fingerprint density at radius 3 is 2.58 bits per heavy atom. The highest BCUT2D eigenvalue weighted by Crippen LogP contribution is 2.22. The van der Waals surface area contributed by atoms with Crippen LogP contribution in [0.25, 0.3) is 0 Å². The summed E-state index contributed by atoms with van der Waals surface area (Å²) in [7, 11) is 1.42. The number of ether oxygens (including phenoxy) is 1. The van der Waals surface area contributed by atoms with Gasteiger partial charge in [0.1, 0.15) is 6.54 Å². The van der Waals surface area contributed by atoms with Gasteiger partial charge in [0.2, 0.25) is 0 Å². The standard InChI is InChI=1S/C14H19Cl2NO2/c1-4-9(2)13(14(18)19-3)17-8-10-5-6-11(15)12(16)7-10/h5-7,9,13,17H,4,8H2,1-3H3/p+1/t9-,13-/m1/s1. The number of methoxy groups -OCH3 is 1. The van der Waals surface area contributed by atoms with Crippen LogP contribution in [0.5, 0.6) is 0 Å². The second-order valence-electron chi connectivity index (χ2n) is 4.62. The van der Waals surface area contributed by atoms with Crippen molar-refractivity contribution >= 4 is 29.2 Å². The monoisotopic (exact) mass is 304 g/mol. The van der Waals surface area contributed by atoms with Crippen LogP contribution in [0.2, 0.25) is 10.0 Å². The molecule has 0 heterocycles. The molecule has 0 spiro atoms. The highest BCUT2D eigenvalue weighted by atomic mass is 35.5. The van der Waals surface area contributed by atoms with Crippen molar-refractivity contribution in [1.82, 2.24) is 0 Å². The molecular formula is C14H20Cl2NO2+. The molecule has 5 heteroatoms. The molecule has 0 radical (unpaired) electrons. The third kappa shape index (κ3) is 4.68. The molecule has 0 fully saturated rings. The van der Waals surface area contributed by atoms with Gasteiger partial charge in [0.05, 0.1) is 17.2 Å². The van der Waals surface area contributed by atoms with Crippen LogP contribution in [0.1, 0.15) is 25.8 Å². The van der Waals surface area contributed by atoms with Gasteiger partial charge in [-0.05, 0) is 18.6 Å². The van der Waals surface area contributed by atoms with Gasteiger partial charge in [0.15, 0.2) is 6.04 Å². The van der Waals surface area contributed by atoms with Crippen LogP contribution < -0.4 is 5.32 Å². The van der Waals surface area contributed by atoms with Crippen molar-refractivity contribution in [2.24, 2.45) is 5.92 Å². The summed E-state index contributed by atoms with van der Waals surface area (Å²) in [6, 6.07) is 5.31. The Bertz CT molecular complexity index is 437. The van der Waals surface area contributed by atoms with Crippen LogP contribution in [-0.2, 0) is 16.1 Å². The molecule has 0 aliphatic rings. The first-order valence-corrected chi connectivity index (χ1v) is 7.10. The number of nitrogens with two attached hydrogens (primary N) is 1. The number of hydrogen-bond donors (Lipinski definition) is 1. The third-order valence-electron chi connectivity index (χ3n) is 3.32. The Hall–Kier alpha value is -0.770. The smallest absolute Gasteiger partial charge is 0.364 e. The zero-order chi connectivity index (χ0) is 14.4. The largest absolute Gasteiger partial charge is 0.465 e. The SMILES string of the molecule is CC[C@@H](C)[C@@H]([NH2+]Cc1ccc(Cl)c(Cl)c1)C(=O)OC. The first-order valence-electron chi connectivity index (χ1n) is 6.34. The molecule has 0 amide bonds. The van der Waals surface area contributed by atoms with Crippen LogP contribution >= 0.6 is 23.2 Å². The summed E-state index contributed by atoms with van der Waals surface area (Å²) in [5.74, 6) is 0.0737. The number of benzene rings is 1. The van der Waals surface area contributed by atoms with Crippen LogP contribution in [-0.4, -0.2) is 19.1 Å². The Kier molecular flexibility index (Phi) is 6.63.